The summed E-state index contributed by atoms with van der Waals surface area (Å²) in [5.74, 6) is 0.803. The van der Waals surface area contributed by atoms with E-state index in [1.165, 1.54) is 11.3 Å². The van der Waals surface area contributed by atoms with Crippen molar-refractivity contribution in [1.29, 1.82) is 0 Å². The van der Waals surface area contributed by atoms with Crippen LogP contribution in [0, 0.1) is 0 Å². The molecule has 0 spiro atoms. The highest BCUT2D eigenvalue weighted by molar-refractivity contribution is 8.00. The van der Waals surface area contributed by atoms with Gasteiger partial charge in [0.1, 0.15) is 5.51 Å². The number of nitrogens with zero attached hydrogens (tertiary/aromatic N) is 2. The molecule has 0 aliphatic rings. The minimum atomic E-state index is -1.40. The zero-order valence-electron chi connectivity index (χ0n) is 8.28. The third-order valence-corrected chi connectivity index (χ3v) is 3.91. The van der Waals surface area contributed by atoms with Crippen LogP contribution < -0.4 is 5.46 Å². The average molecular weight is 252 g/mol. The number of hydrogen-bond acceptors (Lipinski definition) is 6. The van der Waals surface area contributed by atoms with Crippen molar-refractivity contribution in [2.75, 3.05) is 0 Å². The van der Waals surface area contributed by atoms with Gasteiger partial charge in [0, 0.05) is 5.75 Å². The van der Waals surface area contributed by atoms with Crippen LogP contribution in [0.4, 0.5) is 0 Å². The molecule has 0 unspecified atom stereocenters. The van der Waals surface area contributed by atoms with Crippen LogP contribution in [0.15, 0.2) is 34.1 Å². The van der Waals surface area contributed by atoms with E-state index in [9.17, 15) is 0 Å². The molecule has 0 fully saturated rings. The smallest absolute Gasteiger partial charge is 0.423 e. The molecule has 82 valence electrons. The summed E-state index contributed by atoms with van der Waals surface area (Å²) < 4.78 is 0.936. The van der Waals surface area contributed by atoms with Gasteiger partial charge in [-0.15, -0.1) is 10.2 Å². The van der Waals surface area contributed by atoms with Gasteiger partial charge in [-0.2, -0.15) is 0 Å². The maximum absolute atomic E-state index is 8.93. The van der Waals surface area contributed by atoms with Crippen molar-refractivity contribution in [2.45, 2.75) is 10.1 Å². The molecule has 0 saturated carbocycles. The fourth-order valence-electron chi connectivity index (χ4n) is 1.16. The molecule has 0 aliphatic carbocycles. The fourth-order valence-corrected chi connectivity index (χ4v) is 2.60. The maximum atomic E-state index is 8.93. The standard InChI is InChI=1S/C9H9BN2O2S2/c13-10(14)8-3-1-7(2-4-8)5-15-9-12-11-6-16-9/h1-4,6,13-14H,5H2. The molecular formula is C9H9BN2O2S2. The van der Waals surface area contributed by atoms with Crippen LogP contribution in [-0.2, 0) is 5.75 Å². The third-order valence-electron chi connectivity index (χ3n) is 1.98. The summed E-state index contributed by atoms with van der Waals surface area (Å²) in [4.78, 5) is 0. The van der Waals surface area contributed by atoms with E-state index in [1.54, 1.807) is 29.4 Å². The van der Waals surface area contributed by atoms with Crippen molar-refractivity contribution in [3.63, 3.8) is 0 Å². The Morgan fingerprint density at radius 3 is 2.56 bits per heavy atom. The molecule has 0 saturated heterocycles. The second kappa shape index (κ2) is 5.45. The van der Waals surface area contributed by atoms with Gasteiger partial charge in [-0.1, -0.05) is 47.4 Å². The van der Waals surface area contributed by atoms with Gasteiger partial charge in [-0.3, -0.25) is 0 Å². The first-order valence-electron chi connectivity index (χ1n) is 4.59. The molecule has 1 heterocycles. The molecule has 4 nitrogen and oxygen atoms in total. The lowest BCUT2D eigenvalue weighted by atomic mass is 9.80. The van der Waals surface area contributed by atoms with Crippen molar-refractivity contribution in [3.8, 4) is 0 Å². The molecule has 2 N–H and O–H groups in total. The minimum Gasteiger partial charge on any atom is -0.423 e. The molecule has 0 atom stereocenters. The number of thioether (sulfide) groups is 1. The molecule has 2 rings (SSSR count). The molecular weight excluding hydrogens is 243 g/mol. The normalized spacial score (nSPS) is 10.4. The van der Waals surface area contributed by atoms with Crippen molar-refractivity contribution in [2.24, 2.45) is 0 Å². The van der Waals surface area contributed by atoms with Gasteiger partial charge in [0.25, 0.3) is 0 Å². The molecule has 7 heteroatoms. The van der Waals surface area contributed by atoms with E-state index >= 15 is 0 Å². The summed E-state index contributed by atoms with van der Waals surface area (Å²) >= 11 is 3.13. The number of hydrogen-bond donors (Lipinski definition) is 2. The lowest BCUT2D eigenvalue weighted by Crippen LogP contribution is -2.29. The monoisotopic (exact) mass is 252 g/mol. The Morgan fingerprint density at radius 1 is 1.25 bits per heavy atom. The summed E-state index contributed by atoms with van der Waals surface area (Å²) in [6.07, 6.45) is 0. The highest BCUT2D eigenvalue weighted by atomic mass is 32.2. The van der Waals surface area contributed by atoms with E-state index in [0.717, 1.165) is 15.7 Å². The van der Waals surface area contributed by atoms with Crippen molar-refractivity contribution >= 4 is 35.7 Å². The van der Waals surface area contributed by atoms with Crippen LogP contribution in [0.2, 0.25) is 0 Å². The molecule has 16 heavy (non-hydrogen) atoms. The van der Waals surface area contributed by atoms with E-state index in [2.05, 4.69) is 10.2 Å². The van der Waals surface area contributed by atoms with E-state index < -0.39 is 7.12 Å². The Kier molecular flexibility index (Phi) is 3.95. The van der Waals surface area contributed by atoms with Crippen LogP contribution in [0.25, 0.3) is 0 Å². The number of benzene rings is 1. The SMILES string of the molecule is OB(O)c1ccc(CSc2nncs2)cc1. The predicted molar refractivity (Wildman–Crippen MR) is 65.7 cm³/mol. The van der Waals surface area contributed by atoms with Crippen molar-refractivity contribution < 1.29 is 10.0 Å². The van der Waals surface area contributed by atoms with E-state index in [4.69, 9.17) is 10.0 Å². The second-order valence-corrected chi connectivity index (χ2v) is 5.16. The summed E-state index contributed by atoms with van der Waals surface area (Å²) in [7, 11) is -1.40. The highest BCUT2D eigenvalue weighted by Gasteiger charge is 2.09. The van der Waals surface area contributed by atoms with Gasteiger partial charge in [0.15, 0.2) is 4.34 Å². The predicted octanol–water partition coefficient (Wildman–Crippen LogP) is 0.510. The first-order valence-corrected chi connectivity index (χ1v) is 6.46. The fraction of sp³-hybridized carbons (Fsp3) is 0.111. The molecule has 0 amide bonds. The Balaban J connectivity index is 1.95. The summed E-state index contributed by atoms with van der Waals surface area (Å²) in [5.41, 5.74) is 3.32. The Hall–Kier alpha value is -0.885. The van der Waals surface area contributed by atoms with E-state index in [-0.39, 0.29) is 0 Å². The van der Waals surface area contributed by atoms with Crippen molar-refractivity contribution in [3.05, 3.63) is 35.3 Å². The number of rotatable bonds is 4. The van der Waals surface area contributed by atoms with Gasteiger partial charge in [-0.05, 0) is 11.0 Å². The Labute approximate surface area is 102 Å². The number of aromatic nitrogens is 2. The van der Waals surface area contributed by atoms with Crippen LogP contribution in [0.5, 0.6) is 0 Å². The first-order chi connectivity index (χ1) is 7.75. The van der Waals surface area contributed by atoms with E-state index in [0.29, 0.717) is 5.46 Å². The van der Waals surface area contributed by atoms with Gasteiger partial charge in [0.2, 0.25) is 0 Å². The summed E-state index contributed by atoms with van der Waals surface area (Å²) in [5, 5.41) is 25.5. The summed E-state index contributed by atoms with van der Waals surface area (Å²) in [6.45, 7) is 0. The highest BCUT2D eigenvalue weighted by Crippen LogP contribution is 2.22. The Bertz CT molecular complexity index is 433. The van der Waals surface area contributed by atoms with Crippen LogP contribution in [0.1, 0.15) is 5.56 Å². The molecule has 1 aromatic carbocycles. The van der Waals surface area contributed by atoms with Gasteiger partial charge in [-0.25, -0.2) is 0 Å². The largest absolute Gasteiger partial charge is 0.488 e. The average Bonchev–Trinajstić information content (AvgIpc) is 2.80. The van der Waals surface area contributed by atoms with Gasteiger partial charge in [0.05, 0.1) is 0 Å². The Morgan fingerprint density at radius 2 is 2.00 bits per heavy atom. The first kappa shape index (κ1) is 11.6. The minimum absolute atomic E-state index is 0.504. The van der Waals surface area contributed by atoms with Crippen LogP contribution in [0.3, 0.4) is 0 Å². The zero-order chi connectivity index (χ0) is 11.4. The van der Waals surface area contributed by atoms with Crippen molar-refractivity contribution in [1.82, 2.24) is 10.2 Å². The maximum Gasteiger partial charge on any atom is 0.488 e. The third kappa shape index (κ3) is 3.05. The molecule has 0 bridgehead atoms. The van der Waals surface area contributed by atoms with Gasteiger partial charge < -0.3 is 10.0 Å². The lowest BCUT2D eigenvalue weighted by molar-refractivity contribution is 0.426. The quantitative estimate of drug-likeness (QED) is 0.613. The summed E-state index contributed by atoms with van der Waals surface area (Å²) in [6, 6.07) is 7.17. The molecule has 2 aromatic rings. The lowest BCUT2D eigenvalue weighted by Gasteiger charge is -2.01. The van der Waals surface area contributed by atoms with Gasteiger partial charge >= 0.3 is 7.12 Å². The molecule has 0 radical (unpaired) electrons. The van der Waals surface area contributed by atoms with E-state index in [1.807, 2.05) is 12.1 Å². The van der Waals surface area contributed by atoms with Crippen LogP contribution in [-0.4, -0.2) is 27.4 Å². The second-order valence-electron chi connectivity index (χ2n) is 3.11. The molecule has 0 aliphatic heterocycles. The van der Waals surface area contributed by atoms with Crippen LogP contribution >= 0.6 is 23.1 Å². The molecule has 1 aromatic heterocycles. The zero-order valence-corrected chi connectivity index (χ0v) is 9.91. The topological polar surface area (TPSA) is 66.2 Å².